The van der Waals surface area contributed by atoms with Crippen molar-refractivity contribution >= 4 is 17.5 Å². The zero-order valence-electron chi connectivity index (χ0n) is 13.9. The number of hydrogen-bond acceptors (Lipinski definition) is 5. The van der Waals surface area contributed by atoms with Crippen LogP contribution in [0.4, 0.5) is 5.69 Å². The average Bonchev–Trinajstić information content (AvgIpc) is 3.19. The van der Waals surface area contributed by atoms with Gasteiger partial charge in [0, 0.05) is 31.1 Å². The molecule has 25 heavy (non-hydrogen) atoms. The molecule has 1 fully saturated rings. The van der Waals surface area contributed by atoms with E-state index in [1.807, 2.05) is 29.2 Å². The minimum absolute atomic E-state index is 0.0128. The predicted molar refractivity (Wildman–Crippen MR) is 89.8 cm³/mol. The molecule has 3 heterocycles. The van der Waals surface area contributed by atoms with Crippen LogP contribution in [0.15, 0.2) is 24.3 Å². The molecule has 4 rings (SSSR count). The van der Waals surface area contributed by atoms with Crippen molar-refractivity contribution < 1.29 is 9.59 Å². The Morgan fingerprint density at radius 3 is 3.00 bits per heavy atom. The maximum Gasteiger partial charge on any atom is 0.242 e. The number of carbonyl (C=O) groups excluding carboxylic acids is 2. The van der Waals surface area contributed by atoms with Gasteiger partial charge >= 0.3 is 0 Å². The van der Waals surface area contributed by atoms with Gasteiger partial charge in [-0.25, -0.2) is 0 Å². The number of aryl methyl sites for hydroxylation is 1. The first-order chi connectivity index (χ1) is 12.2. The van der Waals surface area contributed by atoms with Gasteiger partial charge in [-0.15, -0.1) is 10.2 Å². The van der Waals surface area contributed by atoms with E-state index < -0.39 is 0 Å². The molecule has 1 unspecified atom stereocenters. The molecule has 0 spiro atoms. The number of H-pyrrole nitrogens is 1. The smallest absolute Gasteiger partial charge is 0.242 e. The summed E-state index contributed by atoms with van der Waals surface area (Å²) in [6, 6.07) is 7.81. The van der Waals surface area contributed by atoms with E-state index in [1.54, 1.807) is 4.90 Å². The second kappa shape index (κ2) is 6.62. The fourth-order valence-electron chi connectivity index (χ4n) is 3.66. The number of fused-ring (bicyclic) bond motifs is 1. The molecular weight excluding hydrogens is 320 g/mol. The van der Waals surface area contributed by atoms with Crippen LogP contribution in [0.3, 0.4) is 0 Å². The number of benzene rings is 1. The van der Waals surface area contributed by atoms with Crippen molar-refractivity contribution in [3.63, 3.8) is 0 Å². The molecule has 8 heteroatoms. The van der Waals surface area contributed by atoms with E-state index in [0.29, 0.717) is 25.3 Å². The Labute approximate surface area is 145 Å². The molecule has 2 amide bonds. The lowest BCUT2D eigenvalue weighted by atomic mass is 9.97. The van der Waals surface area contributed by atoms with Crippen LogP contribution in [0.2, 0.25) is 0 Å². The minimum Gasteiger partial charge on any atom is -0.340 e. The number of amides is 2. The van der Waals surface area contributed by atoms with Gasteiger partial charge in [-0.2, -0.15) is 5.21 Å². The SMILES string of the molecule is O=C(CN1C(=O)CCc2ccccc21)N1CCCC(c2nn[nH]n2)C1. The van der Waals surface area contributed by atoms with Gasteiger partial charge < -0.3 is 9.80 Å². The standard InChI is InChI=1S/C17H20N6O2/c24-15-8-7-12-4-1-2-6-14(12)23(15)11-16(25)22-9-3-5-13(10-22)17-18-20-21-19-17/h1-2,4,6,13H,3,5,7-11H2,(H,18,19,20,21). The number of nitrogens with one attached hydrogen (secondary N) is 1. The second-order valence-corrected chi connectivity index (χ2v) is 6.56. The Hall–Kier alpha value is -2.77. The maximum absolute atomic E-state index is 12.8. The molecule has 0 bridgehead atoms. The van der Waals surface area contributed by atoms with Crippen LogP contribution in [0.5, 0.6) is 0 Å². The van der Waals surface area contributed by atoms with Gasteiger partial charge in [0.05, 0.1) is 0 Å². The third kappa shape index (κ3) is 3.11. The van der Waals surface area contributed by atoms with Crippen molar-refractivity contribution in [1.82, 2.24) is 25.5 Å². The molecule has 2 aromatic rings. The molecule has 1 aromatic carbocycles. The maximum atomic E-state index is 12.8. The first-order valence-electron chi connectivity index (χ1n) is 8.62. The summed E-state index contributed by atoms with van der Waals surface area (Å²) in [6.45, 7) is 1.37. The Morgan fingerprint density at radius 2 is 2.16 bits per heavy atom. The molecule has 1 atom stereocenters. The molecule has 1 saturated heterocycles. The van der Waals surface area contributed by atoms with Crippen molar-refractivity contribution in [3.05, 3.63) is 35.7 Å². The Balaban J connectivity index is 1.47. The first-order valence-corrected chi connectivity index (χ1v) is 8.62. The highest BCUT2D eigenvalue weighted by atomic mass is 16.2. The Morgan fingerprint density at radius 1 is 1.28 bits per heavy atom. The molecule has 0 saturated carbocycles. The van der Waals surface area contributed by atoms with Crippen LogP contribution in [0.1, 0.15) is 36.6 Å². The van der Waals surface area contributed by atoms with Crippen LogP contribution < -0.4 is 4.90 Å². The number of tetrazole rings is 1. The summed E-state index contributed by atoms with van der Waals surface area (Å²) < 4.78 is 0. The summed E-state index contributed by atoms with van der Waals surface area (Å²) >= 11 is 0. The number of carbonyl (C=O) groups is 2. The second-order valence-electron chi connectivity index (χ2n) is 6.56. The normalized spacial score (nSPS) is 20.5. The average molecular weight is 340 g/mol. The summed E-state index contributed by atoms with van der Waals surface area (Å²) in [4.78, 5) is 28.6. The summed E-state index contributed by atoms with van der Waals surface area (Å²) in [7, 11) is 0. The summed E-state index contributed by atoms with van der Waals surface area (Å²) in [5.41, 5.74) is 1.98. The molecule has 0 radical (unpaired) electrons. The number of piperidine rings is 1. The molecule has 2 aliphatic heterocycles. The van der Waals surface area contributed by atoms with E-state index in [4.69, 9.17) is 0 Å². The fraction of sp³-hybridized carbons (Fsp3) is 0.471. The van der Waals surface area contributed by atoms with Crippen LogP contribution in [0.25, 0.3) is 0 Å². The zero-order chi connectivity index (χ0) is 17.2. The number of anilines is 1. The highest BCUT2D eigenvalue weighted by molar-refractivity contribution is 6.01. The number of para-hydroxylation sites is 1. The van der Waals surface area contributed by atoms with Gasteiger partial charge in [-0.3, -0.25) is 9.59 Å². The highest BCUT2D eigenvalue weighted by Gasteiger charge is 2.31. The quantitative estimate of drug-likeness (QED) is 0.895. The van der Waals surface area contributed by atoms with Crippen LogP contribution in [-0.4, -0.2) is 57.0 Å². The van der Waals surface area contributed by atoms with Gasteiger partial charge in [0.15, 0.2) is 5.82 Å². The summed E-state index contributed by atoms with van der Waals surface area (Å²) in [5.74, 6) is 0.731. The third-order valence-corrected chi connectivity index (χ3v) is 4.99. The van der Waals surface area contributed by atoms with Crippen molar-refractivity contribution in [2.24, 2.45) is 0 Å². The lowest BCUT2D eigenvalue weighted by molar-refractivity contribution is -0.132. The monoisotopic (exact) mass is 340 g/mol. The molecular formula is C17H20N6O2. The lowest BCUT2D eigenvalue weighted by Gasteiger charge is -2.34. The zero-order valence-corrected chi connectivity index (χ0v) is 13.9. The number of nitrogens with zero attached hydrogens (tertiary/aromatic N) is 5. The van der Waals surface area contributed by atoms with E-state index >= 15 is 0 Å². The third-order valence-electron chi connectivity index (χ3n) is 4.99. The Bertz CT molecular complexity index is 775. The van der Waals surface area contributed by atoms with Crippen molar-refractivity contribution in [2.75, 3.05) is 24.5 Å². The van der Waals surface area contributed by atoms with Crippen LogP contribution in [0, 0.1) is 0 Å². The van der Waals surface area contributed by atoms with Gasteiger partial charge in [-0.1, -0.05) is 23.4 Å². The van der Waals surface area contributed by atoms with Crippen molar-refractivity contribution in [2.45, 2.75) is 31.6 Å². The number of likely N-dealkylation sites (tertiary alicyclic amines) is 1. The first kappa shape index (κ1) is 15.7. The fourth-order valence-corrected chi connectivity index (χ4v) is 3.66. The summed E-state index contributed by atoms with van der Waals surface area (Å²) in [6.07, 6.45) is 3.03. The predicted octanol–water partition coefficient (Wildman–Crippen LogP) is 0.885. The number of aromatic amines is 1. The molecule has 2 aliphatic rings. The van der Waals surface area contributed by atoms with Crippen molar-refractivity contribution in [1.29, 1.82) is 0 Å². The molecule has 8 nitrogen and oxygen atoms in total. The topological polar surface area (TPSA) is 95.1 Å². The Kier molecular flexibility index (Phi) is 4.17. The number of aromatic nitrogens is 4. The van der Waals surface area contributed by atoms with Gasteiger partial charge in [0.2, 0.25) is 11.8 Å². The van der Waals surface area contributed by atoms with Gasteiger partial charge in [-0.05, 0) is 30.9 Å². The number of hydrogen-bond donors (Lipinski definition) is 1. The highest BCUT2D eigenvalue weighted by Crippen LogP contribution is 2.28. The molecule has 1 N–H and O–H groups in total. The van der Waals surface area contributed by atoms with E-state index in [9.17, 15) is 9.59 Å². The van der Waals surface area contributed by atoms with Gasteiger partial charge in [0.25, 0.3) is 0 Å². The summed E-state index contributed by atoms with van der Waals surface area (Å²) in [5, 5.41) is 14.2. The van der Waals surface area contributed by atoms with E-state index in [-0.39, 0.29) is 24.3 Å². The number of rotatable bonds is 3. The van der Waals surface area contributed by atoms with Crippen LogP contribution in [-0.2, 0) is 16.0 Å². The van der Waals surface area contributed by atoms with Gasteiger partial charge in [0.1, 0.15) is 6.54 Å². The minimum atomic E-state index is -0.0294. The van der Waals surface area contributed by atoms with Crippen LogP contribution >= 0.6 is 0 Å². The largest absolute Gasteiger partial charge is 0.340 e. The van der Waals surface area contributed by atoms with E-state index in [2.05, 4.69) is 20.6 Å². The molecule has 130 valence electrons. The van der Waals surface area contributed by atoms with E-state index in [0.717, 1.165) is 30.5 Å². The van der Waals surface area contributed by atoms with Crippen molar-refractivity contribution in [3.8, 4) is 0 Å². The lowest BCUT2D eigenvalue weighted by Crippen LogP contribution is -2.47. The molecule has 0 aliphatic carbocycles. The van der Waals surface area contributed by atoms with E-state index in [1.165, 1.54) is 0 Å². The molecule has 1 aromatic heterocycles.